The predicted molar refractivity (Wildman–Crippen MR) is 106 cm³/mol. The third kappa shape index (κ3) is 4.94. The van der Waals surface area contributed by atoms with E-state index < -0.39 is 0 Å². The molecule has 0 spiro atoms. The minimum atomic E-state index is 0.273. The summed E-state index contributed by atoms with van der Waals surface area (Å²) in [4.78, 5) is 9.59. The first-order chi connectivity index (χ1) is 13.3. The fourth-order valence-electron chi connectivity index (χ4n) is 2.61. The number of benzene rings is 2. The van der Waals surface area contributed by atoms with Crippen LogP contribution in [0.25, 0.3) is 5.70 Å². The van der Waals surface area contributed by atoms with Crippen LogP contribution in [0.1, 0.15) is 22.3 Å². The van der Waals surface area contributed by atoms with Gasteiger partial charge < -0.3 is 5.32 Å². The molecule has 0 radical (unpaired) electrons. The van der Waals surface area contributed by atoms with Gasteiger partial charge in [0.2, 0.25) is 0 Å². The van der Waals surface area contributed by atoms with Gasteiger partial charge >= 0.3 is 0 Å². The lowest BCUT2D eigenvalue weighted by Crippen LogP contribution is -2.14. The van der Waals surface area contributed by atoms with Gasteiger partial charge in [-0.2, -0.15) is 5.26 Å². The monoisotopic (exact) mass is 356 g/mol. The van der Waals surface area contributed by atoms with Crippen LogP contribution < -0.4 is 10.8 Å². The zero-order chi connectivity index (χ0) is 18.9. The first kappa shape index (κ1) is 18.2. The summed E-state index contributed by atoms with van der Waals surface area (Å²) in [6.45, 7) is 5.02. The van der Waals surface area contributed by atoms with Gasteiger partial charge in [-0.15, -0.1) is 0 Å². The summed E-state index contributed by atoms with van der Waals surface area (Å²) in [5, 5.41) is 12.5. The van der Waals surface area contributed by atoms with E-state index in [4.69, 9.17) is 10.1 Å². The number of nitrogens with one attached hydrogen (secondary N) is 2. The van der Waals surface area contributed by atoms with Crippen LogP contribution in [-0.4, -0.2) is 4.98 Å². The van der Waals surface area contributed by atoms with Crippen LogP contribution in [0.5, 0.6) is 0 Å². The van der Waals surface area contributed by atoms with E-state index in [0.29, 0.717) is 17.8 Å². The molecule has 134 valence electrons. The molecule has 0 aliphatic carbocycles. The van der Waals surface area contributed by atoms with Crippen molar-refractivity contribution in [2.45, 2.75) is 13.2 Å². The number of rotatable bonds is 8. The van der Waals surface area contributed by atoms with E-state index in [1.54, 1.807) is 18.5 Å². The Labute approximate surface area is 158 Å². The second kappa shape index (κ2) is 9.18. The average molecular weight is 356 g/mol. The standard InChI is InChI=1S/C22H20N4O/c1-17(26-27-16-20-7-3-2-6-19(20)14-23)21-8-4-5-9-22(21)25-15-18-10-12-24-13-11-18/h2-13,25-26H,1,15-16H2. The second-order valence-electron chi connectivity index (χ2n) is 5.89. The quantitative estimate of drug-likeness (QED) is 0.590. The maximum Gasteiger partial charge on any atom is 0.101 e. The third-order valence-electron chi connectivity index (χ3n) is 4.05. The molecule has 5 heteroatoms. The molecule has 0 unspecified atom stereocenters. The van der Waals surface area contributed by atoms with E-state index >= 15 is 0 Å². The Morgan fingerprint density at radius 3 is 2.59 bits per heavy atom. The van der Waals surface area contributed by atoms with Gasteiger partial charge in [0.15, 0.2) is 0 Å². The molecule has 3 rings (SSSR count). The van der Waals surface area contributed by atoms with Crippen molar-refractivity contribution in [1.82, 2.24) is 10.5 Å². The van der Waals surface area contributed by atoms with Crippen LogP contribution in [0.3, 0.4) is 0 Å². The van der Waals surface area contributed by atoms with E-state index in [1.807, 2.05) is 54.6 Å². The summed E-state index contributed by atoms with van der Waals surface area (Å²) in [6, 6.07) is 21.3. The van der Waals surface area contributed by atoms with Crippen molar-refractivity contribution < 1.29 is 4.84 Å². The molecule has 27 heavy (non-hydrogen) atoms. The molecule has 2 aromatic carbocycles. The minimum absolute atomic E-state index is 0.273. The first-order valence-electron chi connectivity index (χ1n) is 8.55. The lowest BCUT2D eigenvalue weighted by Gasteiger charge is -2.15. The van der Waals surface area contributed by atoms with Crippen molar-refractivity contribution >= 4 is 11.4 Å². The highest BCUT2D eigenvalue weighted by Crippen LogP contribution is 2.22. The molecular weight excluding hydrogens is 336 g/mol. The van der Waals surface area contributed by atoms with E-state index in [9.17, 15) is 0 Å². The van der Waals surface area contributed by atoms with Gasteiger partial charge in [0, 0.05) is 30.2 Å². The lowest BCUT2D eigenvalue weighted by molar-refractivity contribution is 0.0647. The van der Waals surface area contributed by atoms with Crippen LogP contribution in [0, 0.1) is 11.3 Å². The molecule has 0 saturated carbocycles. The number of anilines is 1. The van der Waals surface area contributed by atoms with Crippen molar-refractivity contribution in [1.29, 1.82) is 5.26 Å². The Hall–Kier alpha value is -3.62. The molecule has 0 saturated heterocycles. The van der Waals surface area contributed by atoms with Crippen LogP contribution in [-0.2, 0) is 18.0 Å². The van der Waals surface area contributed by atoms with Crippen molar-refractivity contribution in [3.8, 4) is 6.07 Å². The maximum atomic E-state index is 9.14. The highest BCUT2D eigenvalue weighted by Gasteiger charge is 2.07. The van der Waals surface area contributed by atoms with Gasteiger partial charge in [0.1, 0.15) is 6.61 Å². The average Bonchev–Trinajstić information content (AvgIpc) is 2.73. The van der Waals surface area contributed by atoms with Crippen LogP contribution in [0.4, 0.5) is 5.69 Å². The van der Waals surface area contributed by atoms with Crippen molar-refractivity contribution in [2.24, 2.45) is 0 Å². The largest absolute Gasteiger partial charge is 0.380 e. The number of pyridine rings is 1. The Morgan fingerprint density at radius 2 is 1.78 bits per heavy atom. The smallest absolute Gasteiger partial charge is 0.101 e. The Bertz CT molecular complexity index is 948. The zero-order valence-electron chi connectivity index (χ0n) is 14.9. The fraction of sp³-hybridized carbons (Fsp3) is 0.0909. The van der Waals surface area contributed by atoms with Gasteiger partial charge in [-0.05, 0) is 35.4 Å². The van der Waals surface area contributed by atoms with Crippen molar-refractivity contribution in [3.63, 3.8) is 0 Å². The van der Waals surface area contributed by atoms with Crippen LogP contribution in [0.15, 0.2) is 79.6 Å². The molecule has 0 bridgehead atoms. The molecule has 0 fully saturated rings. The first-order valence-corrected chi connectivity index (χ1v) is 8.55. The van der Waals surface area contributed by atoms with E-state index in [-0.39, 0.29) is 6.61 Å². The molecule has 1 heterocycles. The Balaban J connectivity index is 1.60. The molecule has 1 aromatic heterocycles. The van der Waals surface area contributed by atoms with E-state index in [2.05, 4.69) is 28.4 Å². The number of hydroxylamine groups is 1. The molecule has 2 N–H and O–H groups in total. The second-order valence-corrected chi connectivity index (χ2v) is 5.89. The summed E-state index contributed by atoms with van der Waals surface area (Å²) >= 11 is 0. The number of hydrogen-bond acceptors (Lipinski definition) is 5. The van der Waals surface area contributed by atoms with Crippen molar-refractivity contribution in [2.75, 3.05) is 5.32 Å². The minimum Gasteiger partial charge on any atom is -0.380 e. The van der Waals surface area contributed by atoms with Gasteiger partial charge in [-0.3, -0.25) is 15.3 Å². The maximum absolute atomic E-state index is 9.14. The van der Waals surface area contributed by atoms with Crippen molar-refractivity contribution in [3.05, 3.63) is 102 Å². The number of aromatic nitrogens is 1. The van der Waals surface area contributed by atoms with E-state index in [0.717, 1.165) is 22.4 Å². The molecule has 5 nitrogen and oxygen atoms in total. The summed E-state index contributed by atoms with van der Waals surface area (Å²) in [6.07, 6.45) is 3.55. The fourth-order valence-corrected chi connectivity index (χ4v) is 2.61. The number of para-hydroxylation sites is 1. The summed E-state index contributed by atoms with van der Waals surface area (Å²) in [7, 11) is 0. The van der Waals surface area contributed by atoms with Gasteiger partial charge in [0.25, 0.3) is 0 Å². The molecule has 0 aliphatic rings. The topological polar surface area (TPSA) is 70.0 Å². The molecule has 0 aliphatic heterocycles. The van der Waals surface area contributed by atoms with Gasteiger partial charge in [-0.25, -0.2) is 0 Å². The highest BCUT2D eigenvalue weighted by atomic mass is 16.6. The summed E-state index contributed by atoms with van der Waals surface area (Å²) < 4.78 is 0. The Kier molecular flexibility index (Phi) is 6.18. The highest BCUT2D eigenvalue weighted by molar-refractivity contribution is 5.73. The number of nitrogens with zero attached hydrogens (tertiary/aromatic N) is 2. The number of hydrogen-bond donors (Lipinski definition) is 2. The Morgan fingerprint density at radius 1 is 1.04 bits per heavy atom. The normalized spacial score (nSPS) is 10.0. The molecule has 0 amide bonds. The SMILES string of the molecule is C=C(NOCc1ccccc1C#N)c1ccccc1NCc1ccncc1. The third-order valence-corrected chi connectivity index (χ3v) is 4.05. The van der Waals surface area contributed by atoms with Crippen LogP contribution in [0.2, 0.25) is 0 Å². The predicted octanol–water partition coefficient (Wildman–Crippen LogP) is 4.26. The lowest BCUT2D eigenvalue weighted by atomic mass is 10.1. The zero-order valence-corrected chi connectivity index (χ0v) is 14.9. The molecule has 3 aromatic rings. The molecular formula is C22H20N4O. The van der Waals surface area contributed by atoms with Gasteiger partial charge in [-0.1, -0.05) is 43.0 Å². The summed E-state index contributed by atoms with van der Waals surface area (Å²) in [5.41, 5.74) is 7.96. The van der Waals surface area contributed by atoms with E-state index in [1.165, 1.54) is 0 Å². The number of nitriles is 1. The van der Waals surface area contributed by atoms with Gasteiger partial charge in [0.05, 0.1) is 17.3 Å². The van der Waals surface area contributed by atoms with Crippen LogP contribution >= 0.6 is 0 Å². The molecule has 0 atom stereocenters. The summed E-state index contributed by atoms with van der Waals surface area (Å²) in [5.74, 6) is 0.